The van der Waals surface area contributed by atoms with E-state index in [1.54, 1.807) is 10.7 Å². The Balaban J connectivity index is 1.64. The number of aryl methyl sites for hydroxylation is 1. The fourth-order valence-corrected chi connectivity index (χ4v) is 2.93. The summed E-state index contributed by atoms with van der Waals surface area (Å²) in [4.78, 5) is 21.3. The second-order valence-corrected chi connectivity index (χ2v) is 7.87. The summed E-state index contributed by atoms with van der Waals surface area (Å²) in [5, 5.41) is 14.5. The molecule has 136 valence electrons. The van der Waals surface area contributed by atoms with Crippen LogP contribution in [0.3, 0.4) is 0 Å². The topological polar surface area (TPSA) is 74.0 Å². The third kappa shape index (κ3) is 3.82. The van der Waals surface area contributed by atoms with Crippen LogP contribution in [-0.2, 0) is 0 Å². The van der Waals surface area contributed by atoms with Crippen LogP contribution in [0.15, 0.2) is 18.5 Å². The highest BCUT2D eigenvalue weighted by Gasteiger charge is 2.28. The summed E-state index contributed by atoms with van der Waals surface area (Å²) < 4.78 is 1.64. The van der Waals surface area contributed by atoms with Crippen molar-refractivity contribution in [1.82, 2.24) is 24.4 Å². The molecule has 1 aliphatic rings. The van der Waals surface area contributed by atoms with Gasteiger partial charge in [-0.1, -0.05) is 20.8 Å². The summed E-state index contributed by atoms with van der Waals surface area (Å²) in [5.41, 5.74) is 1.89. The van der Waals surface area contributed by atoms with Gasteiger partial charge < -0.3 is 10.0 Å². The standard InChI is InChI=1S/C18H27N5O2/c1-13-5-6-23-16(20-13)14(11-19-23)17(25)22-9-7-21(8-10-22)12-15(24)18(2,3)4/h5-6,11,15,24H,7-10,12H2,1-4H3/t15-/m0/s1. The minimum Gasteiger partial charge on any atom is -0.391 e. The summed E-state index contributed by atoms with van der Waals surface area (Å²) in [7, 11) is 0. The second kappa shape index (κ2) is 6.72. The third-order valence-corrected chi connectivity index (χ3v) is 4.83. The Bertz CT molecular complexity index is 756. The molecule has 25 heavy (non-hydrogen) atoms. The van der Waals surface area contributed by atoms with E-state index in [9.17, 15) is 9.90 Å². The monoisotopic (exact) mass is 345 g/mol. The van der Waals surface area contributed by atoms with Crippen molar-refractivity contribution < 1.29 is 9.90 Å². The van der Waals surface area contributed by atoms with E-state index in [-0.39, 0.29) is 17.4 Å². The molecular weight excluding hydrogens is 318 g/mol. The Hall–Kier alpha value is -1.99. The molecule has 0 radical (unpaired) electrons. The lowest BCUT2D eigenvalue weighted by Crippen LogP contribution is -2.51. The highest BCUT2D eigenvalue weighted by Crippen LogP contribution is 2.21. The molecule has 0 bridgehead atoms. The lowest BCUT2D eigenvalue weighted by Gasteiger charge is -2.37. The molecule has 1 aliphatic heterocycles. The van der Waals surface area contributed by atoms with Gasteiger partial charge in [0.2, 0.25) is 0 Å². The molecule has 0 aliphatic carbocycles. The van der Waals surface area contributed by atoms with Gasteiger partial charge in [-0.3, -0.25) is 9.69 Å². The molecule has 7 heteroatoms. The zero-order valence-corrected chi connectivity index (χ0v) is 15.4. The molecule has 1 amide bonds. The fraction of sp³-hybridized carbons (Fsp3) is 0.611. The van der Waals surface area contributed by atoms with Crippen LogP contribution < -0.4 is 0 Å². The molecule has 1 N–H and O–H groups in total. The first-order valence-corrected chi connectivity index (χ1v) is 8.76. The molecule has 0 spiro atoms. The van der Waals surface area contributed by atoms with Gasteiger partial charge in [-0.25, -0.2) is 9.50 Å². The van der Waals surface area contributed by atoms with Gasteiger partial charge in [-0.05, 0) is 18.4 Å². The molecule has 3 heterocycles. The lowest BCUT2D eigenvalue weighted by molar-refractivity contribution is 0.0137. The molecule has 2 aromatic rings. The number of rotatable bonds is 3. The minimum atomic E-state index is -0.374. The number of aliphatic hydroxyl groups excluding tert-OH is 1. The smallest absolute Gasteiger partial charge is 0.259 e. The maximum absolute atomic E-state index is 12.8. The largest absolute Gasteiger partial charge is 0.391 e. The molecule has 1 saturated heterocycles. The SMILES string of the molecule is Cc1ccn2ncc(C(=O)N3CCN(C[C@H](O)C(C)(C)C)CC3)c2n1. The first kappa shape index (κ1) is 17.8. The van der Waals surface area contributed by atoms with Crippen molar-refractivity contribution in [2.24, 2.45) is 5.41 Å². The number of β-amino-alcohol motifs (C(OH)–C–C–N with tert-alkyl or cyclic N) is 1. The van der Waals surface area contributed by atoms with Gasteiger partial charge in [0, 0.05) is 44.6 Å². The van der Waals surface area contributed by atoms with Crippen LogP contribution >= 0.6 is 0 Å². The van der Waals surface area contributed by atoms with Crippen molar-refractivity contribution in [1.29, 1.82) is 0 Å². The molecule has 1 atom stereocenters. The van der Waals surface area contributed by atoms with E-state index in [2.05, 4.69) is 15.0 Å². The Kier molecular flexibility index (Phi) is 4.79. The van der Waals surface area contributed by atoms with Crippen molar-refractivity contribution in [2.75, 3.05) is 32.7 Å². The number of piperazine rings is 1. The molecule has 3 rings (SSSR count). The van der Waals surface area contributed by atoms with Crippen LogP contribution in [0.4, 0.5) is 0 Å². The van der Waals surface area contributed by atoms with Gasteiger partial charge in [0.1, 0.15) is 5.56 Å². The second-order valence-electron chi connectivity index (χ2n) is 7.87. The van der Waals surface area contributed by atoms with Gasteiger partial charge in [-0.15, -0.1) is 0 Å². The number of hydrogen-bond acceptors (Lipinski definition) is 5. The summed E-state index contributed by atoms with van der Waals surface area (Å²) in [6.07, 6.45) is 3.04. The van der Waals surface area contributed by atoms with Crippen molar-refractivity contribution in [3.63, 3.8) is 0 Å². The Morgan fingerprint density at radius 3 is 2.60 bits per heavy atom. The third-order valence-electron chi connectivity index (χ3n) is 4.83. The van der Waals surface area contributed by atoms with E-state index in [0.29, 0.717) is 30.8 Å². The van der Waals surface area contributed by atoms with E-state index in [0.717, 1.165) is 18.8 Å². The van der Waals surface area contributed by atoms with Crippen LogP contribution in [0.2, 0.25) is 0 Å². The number of carbonyl (C=O) groups excluding carboxylic acids is 1. The molecular formula is C18H27N5O2. The number of carbonyl (C=O) groups is 1. The van der Waals surface area contributed by atoms with Gasteiger partial charge in [0.15, 0.2) is 5.65 Å². The van der Waals surface area contributed by atoms with E-state index in [1.165, 1.54) is 0 Å². The number of fused-ring (bicyclic) bond motifs is 1. The van der Waals surface area contributed by atoms with Crippen LogP contribution in [0.25, 0.3) is 5.65 Å². The summed E-state index contributed by atoms with van der Waals surface area (Å²) in [5.74, 6) is -0.0240. The summed E-state index contributed by atoms with van der Waals surface area (Å²) in [6, 6.07) is 1.87. The first-order valence-electron chi connectivity index (χ1n) is 8.76. The van der Waals surface area contributed by atoms with Crippen LogP contribution in [0.5, 0.6) is 0 Å². The quantitative estimate of drug-likeness (QED) is 0.905. The molecule has 0 aromatic carbocycles. The van der Waals surface area contributed by atoms with Gasteiger partial charge in [0.25, 0.3) is 5.91 Å². The van der Waals surface area contributed by atoms with Gasteiger partial charge in [-0.2, -0.15) is 5.10 Å². The number of amides is 1. The maximum Gasteiger partial charge on any atom is 0.259 e. The molecule has 0 saturated carbocycles. The average molecular weight is 345 g/mol. The lowest BCUT2D eigenvalue weighted by atomic mass is 9.89. The highest BCUT2D eigenvalue weighted by molar-refractivity contribution is 5.99. The normalized spacial score (nSPS) is 17.9. The van der Waals surface area contributed by atoms with Crippen LogP contribution in [0, 0.1) is 12.3 Å². The van der Waals surface area contributed by atoms with Crippen molar-refractivity contribution in [3.05, 3.63) is 29.7 Å². The molecule has 1 fully saturated rings. The first-order chi connectivity index (χ1) is 11.8. The number of nitrogens with zero attached hydrogens (tertiary/aromatic N) is 5. The van der Waals surface area contributed by atoms with Crippen molar-refractivity contribution in [3.8, 4) is 0 Å². The van der Waals surface area contributed by atoms with E-state index in [1.807, 2.05) is 44.9 Å². The zero-order valence-electron chi connectivity index (χ0n) is 15.4. The highest BCUT2D eigenvalue weighted by atomic mass is 16.3. The van der Waals surface area contributed by atoms with Crippen molar-refractivity contribution in [2.45, 2.75) is 33.8 Å². The fourth-order valence-electron chi connectivity index (χ4n) is 2.93. The van der Waals surface area contributed by atoms with Crippen LogP contribution in [-0.4, -0.2) is 74.2 Å². The van der Waals surface area contributed by atoms with Crippen LogP contribution in [0.1, 0.15) is 36.8 Å². The predicted molar refractivity (Wildman–Crippen MR) is 95.5 cm³/mol. The zero-order chi connectivity index (χ0) is 18.2. The van der Waals surface area contributed by atoms with E-state index < -0.39 is 0 Å². The Morgan fingerprint density at radius 1 is 1.28 bits per heavy atom. The minimum absolute atomic E-state index is 0.0240. The molecule has 7 nitrogen and oxygen atoms in total. The predicted octanol–water partition coefficient (Wildman–Crippen LogP) is 1.20. The maximum atomic E-state index is 12.8. The number of hydrogen-bond donors (Lipinski definition) is 1. The molecule has 0 unspecified atom stereocenters. The Labute approximate surface area is 148 Å². The summed E-state index contributed by atoms with van der Waals surface area (Å²) in [6.45, 7) is 11.5. The number of aliphatic hydroxyl groups is 1. The van der Waals surface area contributed by atoms with E-state index >= 15 is 0 Å². The van der Waals surface area contributed by atoms with Crippen molar-refractivity contribution >= 4 is 11.6 Å². The average Bonchev–Trinajstić information content (AvgIpc) is 2.97. The Morgan fingerprint density at radius 2 is 1.96 bits per heavy atom. The van der Waals surface area contributed by atoms with Gasteiger partial charge >= 0.3 is 0 Å². The van der Waals surface area contributed by atoms with Gasteiger partial charge in [0.05, 0.1) is 12.3 Å². The number of aromatic nitrogens is 3. The molecule has 2 aromatic heterocycles. The summed E-state index contributed by atoms with van der Waals surface area (Å²) >= 11 is 0. The van der Waals surface area contributed by atoms with E-state index in [4.69, 9.17) is 0 Å².